The van der Waals surface area contributed by atoms with Crippen molar-refractivity contribution in [1.82, 2.24) is 10.2 Å². The number of rotatable bonds is 5. The van der Waals surface area contributed by atoms with Crippen molar-refractivity contribution in [2.45, 2.75) is 44.7 Å². The molecule has 0 spiro atoms. The van der Waals surface area contributed by atoms with Gasteiger partial charge in [-0.2, -0.15) is 0 Å². The molecule has 102 valence electrons. The average Bonchev–Trinajstić information content (AvgIpc) is 2.92. The van der Waals surface area contributed by atoms with Gasteiger partial charge >= 0.3 is 0 Å². The fourth-order valence-electron chi connectivity index (χ4n) is 3.08. The van der Waals surface area contributed by atoms with E-state index in [1.165, 1.54) is 37.1 Å². The number of nitrogens with one attached hydrogen (secondary N) is 1. The largest absolute Gasteiger partial charge is 0.317 e. The number of hydrogen-bond donors (Lipinski definition) is 1. The molecule has 0 bridgehead atoms. The maximum Gasteiger partial charge on any atom is 0.0410 e. The van der Waals surface area contributed by atoms with Crippen LogP contribution in [0.1, 0.15) is 43.5 Å². The van der Waals surface area contributed by atoms with Crippen LogP contribution in [0.25, 0.3) is 0 Å². The van der Waals surface area contributed by atoms with Crippen molar-refractivity contribution < 1.29 is 0 Å². The predicted octanol–water partition coefficient (Wildman–Crippen LogP) is 3.52. The first-order valence-electron chi connectivity index (χ1n) is 7.13. The Labute approximate surface area is 115 Å². The molecule has 3 atom stereocenters. The molecule has 18 heavy (non-hydrogen) atoms. The first-order chi connectivity index (χ1) is 8.72. The summed E-state index contributed by atoms with van der Waals surface area (Å²) in [5.41, 5.74) is 0. The van der Waals surface area contributed by atoms with Crippen molar-refractivity contribution in [2.24, 2.45) is 5.92 Å². The van der Waals surface area contributed by atoms with E-state index in [-0.39, 0.29) is 0 Å². The van der Waals surface area contributed by atoms with Crippen LogP contribution in [0.15, 0.2) is 17.5 Å². The second kappa shape index (κ2) is 6.69. The Balaban J connectivity index is 1.91. The van der Waals surface area contributed by atoms with Crippen LogP contribution >= 0.6 is 11.3 Å². The molecule has 2 rings (SSSR count). The minimum atomic E-state index is 0.546. The van der Waals surface area contributed by atoms with Crippen LogP contribution in [0.4, 0.5) is 0 Å². The van der Waals surface area contributed by atoms with Gasteiger partial charge in [0.2, 0.25) is 0 Å². The van der Waals surface area contributed by atoms with E-state index in [1.807, 2.05) is 11.3 Å². The second-order valence-corrected chi connectivity index (χ2v) is 6.55. The molecule has 0 aliphatic heterocycles. The summed E-state index contributed by atoms with van der Waals surface area (Å²) in [5.74, 6) is 0.816. The van der Waals surface area contributed by atoms with E-state index < -0.39 is 0 Å². The number of thiophene rings is 1. The van der Waals surface area contributed by atoms with E-state index >= 15 is 0 Å². The van der Waals surface area contributed by atoms with E-state index in [0.717, 1.165) is 12.0 Å². The molecule has 3 unspecified atom stereocenters. The molecule has 1 saturated carbocycles. The molecule has 1 fully saturated rings. The first kappa shape index (κ1) is 14.0. The Bertz CT molecular complexity index is 336. The van der Waals surface area contributed by atoms with Gasteiger partial charge in [0.25, 0.3) is 0 Å². The fraction of sp³-hybridized carbons (Fsp3) is 0.733. The highest BCUT2D eigenvalue weighted by atomic mass is 32.1. The highest BCUT2D eigenvalue weighted by Gasteiger charge is 2.26. The van der Waals surface area contributed by atoms with Gasteiger partial charge in [0.15, 0.2) is 0 Å². The molecule has 0 saturated heterocycles. The van der Waals surface area contributed by atoms with E-state index in [1.54, 1.807) is 0 Å². The molecule has 1 heterocycles. The molecule has 1 N–H and O–H groups in total. The summed E-state index contributed by atoms with van der Waals surface area (Å²) in [7, 11) is 4.39. The van der Waals surface area contributed by atoms with Crippen LogP contribution in [0, 0.1) is 5.92 Å². The zero-order valence-electron chi connectivity index (χ0n) is 11.9. The van der Waals surface area contributed by atoms with Gasteiger partial charge < -0.3 is 5.32 Å². The highest BCUT2D eigenvalue weighted by Crippen LogP contribution is 2.29. The molecule has 1 aliphatic carbocycles. The molecular weight excluding hydrogens is 240 g/mol. The van der Waals surface area contributed by atoms with Crippen molar-refractivity contribution in [1.29, 1.82) is 0 Å². The summed E-state index contributed by atoms with van der Waals surface area (Å²) in [6.45, 7) is 3.54. The van der Waals surface area contributed by atoms with Gasteiger partial charge in [0.05, 0.1) is 0 Å². The van der Waals surface area contributed by atoms with Gasteiger partial charge in [0.1, 0.15) is 0 Å². The number of nitrogens with zero attached hydrogens (tertiary/aromatic N) is 1. The molecule has 2 nitrogen and oxygen atoms in total. The molecule has 0 aromatic carbocycles. The van der Waals surface area contributed by atoms with Gasteiger partial charge in [-0.1, -0.05) is 18.9 Å². The van der Waals surface area contributed by atoms with Crippen LogP contribution in [-0.4, -0.2) is 31.6 Å². The van der Waals surface area contributed by atoms with Crippen molar-refractivity contribution in [3.63, 3.8) is 0 Å². The van der Waals surface area contributed by atoms with E-state index in [0.29, 0.717) is 6.04 Å². The third-order valence-corrected chi connectivity index (χ3v) is 5.46. The molecule has 1 aromatic heterocycles. The SMILES string of the molecule is CNC1CCCCC1CN(C)C(C)c1cccs1. The van der Waals surface area contributed by atoms with Gasteiger partial charge in [0, 0.05) is 23.5 Å². The van der Waals surface area contributed by atoms with Gasteiger partial charge in [-0.15, -0.1) is 11.3 Å². The summed E-state index contributed by atoms with van der Waals surface area (Å²) < 4.78 is 0. The van der Waals surface area contributed by atoms with Crippen molar-refractivity contribution in [3.8, 4) is 0 Å². The Morgan fingerprint density at radius 1 is 1.44 bits per heavy atom. The zero-order chi connectivity index (χ0) is 13.0. The third-order valence-electron chi connectivity index (χ3n) is 4.42. The highest BCUT2D eigenvalue weighted by molar-refractivity contribution is 7.10. The van der Waals surface area contributed by atoms with Gasteiger partial charge in [-0.3, -0.25) is 4.90 Å². The zero-order valence-corrected chi connectivity index (χ0v) is 12.7. The van der Waals surface area contributed by atoms with Crippen molar-refractivity contribution in [3.05, 3.63) is 22.4 Å². The summed E-state index contributed by atoms with van der Waals surface area (Å²) >= 11 is 1.87. The Morgan fingerprint density at radius 2 is 2.22 bits per heavy atom. The molecule has 1 aliphatic rings. The molecule has 3 heteroatoms. The molecular formula is C15H26N2S. The van der Waals surface area contributed by atoms with Gasteiger partial charge in [-0.05, 0) is 51.2 Å². The number of hydrogen-bond acceptors (Lipinski definition) is 3. The third kappa shape index (κ3) is 3.34. The monoisotopic (exact) mass is 266 g/mol. The summed E-state index contributed by atoms with van der Waals surface area (Å²) in [6.07, 6.45) is 5.53. The Hall–Kier alpha value is -0.380. The van der Waals surface area contributed by atoms with Crippen LogP contribution in [0.5, 0.6) is 0 Å². The van der Waals surface area contributed by atoms with Crippen LogP contribution in [0.3, 0.4) is 0 Å². The minimum Gasteiger partial charge on any atom is -0.317 e. The lowest BCUT2D eigenvalue weighted by Gasteiger charge is -2.36. The summed E-state index contributed by atoms with van der Waals surface area (Å²) in [5, 5.41) is 5.69. The minimum absolute atomic E-state index is 0.546. The molecule has 0 amide bonds. The maximum atomic E-state index is 3.51. The molecule has 1 aromatic rings. The quantitative estimate of drug-likeness (QED) is 0.877. The van der Waals surface area contributed by atoms with E-state index in [2.05, 4.69) is 48.7 Å². The van der Waals surface area contributed by atoms with Crippen molar-refractivity contribution >= 4 is 11.3 Å². The topological polar surface area (TPSA) is 15.3 Å². The summed E-state index contributed by atoms with van der Waals surface area (Å²) in [6, 6.07) is 5.67. The molecule has 0 radical (unpaired) electrons. The van der Waals surface area contributed by atoms with Crippen LogP contribution in [-0.2, 0) is 0 Å². The van der Waals surface area contributed by atoms with E-state index in [4.69, 9.17) is 0 Å². The maximum absolute atomic E-state index is 3.51. The first-order valence-corrected chi connectivity index (χ1v) is 8.01. The lowest BCUT2D eigenvalue weighted by Crippen LogP contribution is -2.42. The fourth-order valence-corrected chi connectivity index (χ4v) is 3.93. The Kier molecular flexibility index (Phi) is 5.22. The van der Waals surface area contributed by atoms with Crippen LogP contribution in [0.2, 0.25) is 0 Å². The average molecular weight is 266 g/mol. The predicted molar refractivity (Wildman–Crippen MR) is 80.2 cm³/mol. The lowest BCUT2D eigenvalue weighted by molar-refractivity contribution is 0.166. The Morgan fingerprint density at radius 3 is 2.89 bits per heavy atom. The second-order valence-electron chi connectivity index (χ2n) is 5.57. The smallest absolute Gasteiger partial charge is 0.0410 e. The van der Waals surface area contributed by atoms with Gasteiger partial charge in [-0.25, -0.2) is 0 Å². The lowest BCUT2D eigenvalue weighted by atomic mass is 9.84. The standard InChI is InChI=1S/C15H26N2S/c1-12(15-9-6-10-18-15)17(3)11-13-7-4-5-8-14(13)16-2/h6,9-10,12-14,16H,4-5,7-8,11H2,1-3H3. The van der Waals surface area contributed by atoms with E-state index in [9.17, 15) is 0 Å². The normalized spacial score (nSPS) is 26.4. The summed E-state index contributed by atoms with van der Waals surface area (Å²) in [4.78, 5) is 4.00. The van der Waals surface area contributed by atoms with Crippen LogP contribution < -0.4 is 5.32 Å². The van der Waals surface area contributed by atoms with Crippen molar-refractivity contribution in [2.75, 3.05) is 20.6 Å².